The van der Waals surface area contributed by atoms with E-state index in [9.17, 15) is 0 Å². The molecule has 27 heavy (non-hydrogen) atoms. The van der Waals surface area contributed by atoms with Crippen LogP contribution in [0.25, 0.3) is 0 Å². The van der Waals surface area contributed by atoms with Crippen molar-refractivity contribution in [3.05, 3.63) is 33.6 Å². The Bertz CT molecular complexity index is 763. The average Bonchev–Trinajstić information content (AvgIpc) is 3.42. The summed E-state index contributed by atoms with van der Waals surface area (Å²) in [5.74, 6) is 2.22. The molecule has 2 aromatic heterocycles. The topological polar surface area (TPSA) is 35.5 Å². The lowest BCUT2D eigenvalue weighted by Crippen LogP contribution is -2.36. The van der Waals surface area contributed by atoms with Gasteiger partial charge in [-0.3, -0.25) is 4.90 Å². The Morgan fingerprint density at radius 3 is 2.44 bits per heavy atom. The third kappa shape index (κ3) is 3.69. The average molecular weight is 384 g/mol. The van der Waals surface area contributed by atoms with E-state index in [2.05, 4.69) is 32.2 Å². The second kappa shape index (κ2) is 7.76. The number of fused-ring (bicyclic) bond motifs is 1. The first-order valence-corrected chi connectivity index (χ1v) is 11.4. The normalized spacial score (nSPS) is 20.9. The van der Waals surface area contributed by atoms with Gasteiger partial charge >= 0.3 is 0 Å². The van der Waals surface area contributed by atoms with Gasteiger partial charge in [-0.25, -0.2) is 4.98 Å². The van der Waals surface area contributed by atoms with Gasteiger partial charge in [0, 0.05) is 62.7 Å². The van der Waals surface area contributed by atoms with Crippen LogP contribution in [0, 0.1) is 0 Å². The Hall–Kier alpha value is -1.66. The minimum absolute atomic E-state index is 0.985. The zero-order chi connectivity index (χ0) is 18.1. The van der Waals surface area contributed by atoms with Crippen molar-refractivity contribution >= 4 is 23.1 Å². The summed E-state index contributed by atoms with van der Waals surface area (Å²) in [5.41, 5.74) is 2.69. The second-order valence-electron chi connectivity index (χ2n) is 8.05. The molecule has 6 heteroatoms. The van der Waals surface area contributed by atoms with Gasteiger partial charge in [0.1, 0.15) is 5.82 Å². The van der Waals surface area contributed by atoms with Crippen molar-refractivity contribution in [3.8, 4) is 0 Å². The van der Waals surface area contributed by atoms with Crippen LogP contribution in [0.15, 0.2) is 17.5 Å². The molecule has 0 N–H and O–H groups in total. The highest BCUT2D eigenvalue weighted by molar-refractivity contribution is 7.09. The molecule has 3 aliphatic rings. The molecule has 0 aliphatic carbocycles. The van der Waals surface area contributed by atoms with Gasteiger partial charge in [-0.05, 0) is 43.6 Å². The first-order chi connectivity index (χ1) is 13.4. The first-order valence-electron chi connectivity index (χ1n) is 10.5. The lowest BCUT2D eigenvalue weighted by atomic mass is 10.1. The number of hydrogen-bond donors (Lipinski definition) is 0. The molecule has 0 amide bonds. The van der Waals surface area contributed by atoms with Crippen LogP contribution in [0.3, 0.4) is 0 Å². The van der Waals surface area contributed by atoms with Gasteiger partial charge < -0.3 is 9.80 Å². The Labute approximate surface area is 166 Å². The minimum Gasteiger partial charge on any atom is -0.356 e. The molecule has 5 nitrogen and oxygen atoms in total. The fourth-order valence-corrected chi connectivity index (χ4v) is 5.37. The molecule has 2 saturated heterocycles. The van der Waals surface area contributed by atoms with E-state index in [0.29, 0.717) is 0 Å². The Morgan fingerprint density at radius 2 is 1.67 bits per heavy atom. The highest BCUT2D eigenvalue weighted by Crippen LogP contribution is 2.32. The largest absolute Gasteiger partial charge is 0.356 e. The van der Waals surface area contributed by atoms with Gasteiger partial charge in [-0.2, -0.15) is 4.98 Å². The molecular weight excluding hydrogens is 354 g/mol. The number of rotatable bonds is 4. The summed E-state index contributed by atoms with van der Waals surface area (Å²) in [6.07, 6.45) is 7.51. The zero-order valence-corrected chi connectivity index (χ0v) is 16.9. The minimum atomic E-state index is 0.985. The summed E-state index contributed by atoms with van der Waals surface area (Å²) in [4.78, 5) is 19.2. The molecule has 0 aromatic carbocycles. The van der Waals surface area contributed by atoms with E-state index in [-0.39, 0.29) is 0 Å². The fourth-order valence-electron chi connectivity index (χ4n) is 4.62. The van der Waals surface area contributed by atoms with Crippen molar-refractivity contribution in [2.24, 2.45) is 0 Å². The van der Waals surface area contributed by atoms with Crippen molar-refractivity contribution in [1.29, 1.82) is 0 Å². The third-order valence-electron chi connectivity index (χ3n) is 6.11. The van der Waals surface area contributed by atoms with E-state index in [1.807, 2.05) is 11.3 Å². The molecule has 0 spiro atoms. The van der Waals surface area contributed by atoms with E-state index in [1.165, 1.54) is 54.1 Å². The van der Waals surface area contributed by atoms with Gasteiger partial charge in [0.05, 0.1) is 5.69 Å². The SMILES string of the molecule is c1csc(CN2CCc3nc(N4CCCCC4)nc(N4CCCC4)c3C2)c1. The summed E-state index contributed by atoms with van der Waals surface area (Å²) in [6.45, 7) is 7.65. The molecule has 2 aromatic rings. The number of thiophene rings is 1. The number of aromatic nitrogens is 2. The van der Waals surface area contributed by atoms with Crippen LogP contribution in [0.4, 0.5) is 11.8 Å². The molecule has 2 fully saturated rings. The van der Waals surface area contributed by atoms with Gasteiger partial charge in [-0.15, -0.1) is 11.3 Å². The predicted octanol–water partition coefficient (Wildman–Crippen LogP) is 3.69. The van der Waals surface area contributed by atoms with E-state index in [4.69, 9.17) is 9.97 Å². The van der Waals surface area contributed by atoms with Crippen LogP contribution < -0.4 is 9.80 Å². The quantitative estimate of drug-likeness (QED) is 0.805. The van der Waals surface area contributed by atoms with Crippen LogP contribution in [0.2, 0.25) is 0 Å². The van der Waals surface area contributed by atoms with Gasteiger partial charge in [0.25, 0.3) is 0 Å². The molecule has 0 saturated carbocycles. The van der Waals surface area contributed by atoms with Gasteiger partial charge in [0.15, 0.2) is 0 Å². The summed E-state index contributed by atoms with van der Waals surface area (Å²) in [7, 11) is 0. The molecular formula is C21H29N5S. The Balaban J connectivity index is 1.45. The van der Waals surface area contributed by atoms with Crippen LogP contribution in [-0.2, 0) is 19.5 Å². The summed E-state index contributed by atoms with van der Waals surface area (Å²) < 4.78 is 0. The van der Waals surface area contributed by atoms with Crippen molar-refractivity contribution in [3.63, 3.8) is 0 Å². The predicted molar refractivity (Wildman–Crippen MR) is 112 cm³/mol. The number of piperidine rings is 1. The number of hydrogen-bond acceptors (Lipinski definition) is 6. The lowest BCUT2D eigenvalue weighted by molar-refractivity contribution is 0.245. The number of nitrogens with zero attached hydrogens (tertiary/aromatic N) is 5. The summed E-state index contributed by atoms with van der Waals surface area (Å²) in [6, 6.07) is 4.40. The van der Waals surface area contributed by atoms with Crippen molar-refractivity contribution in [2.75, 3.05) is 42.5 Å². The maximum Gasteiger partial charge on any atom is 0.227 e. The maximum absolute atomic E-state index is 5.14. The number of anilines is 2. The van der Waals surface area contributed by atoms with Crippen LogP contribution >= 0.6 is 11.3 Å². The van der Waals surface area contributed by atoms with E-state index >= 15 is 0 Å². The molecule has 0 atom stereocenters. The third-order valence-corrected chi connectivity index (χ3v) is 6.97. The van der Waals surface area contributed by atoms with E-state index in [1.54, 1.807) is 0 Å². The van der Waals surface area contributed by atoms with Gasteiger partial charge in [0.2, 0.25) is 5.95 Å². The molecule has 0 bridgehead atoms. The van der Waals surface area contributed by atoms with Crippen LogP contribution in [-0.4, -0.2) is 47.6 Å². The van der Waals surface area contributed by atoms with Crippen molar-refractivity contribution in [1.82, 2.24) is 14.9 Å². The Kier molecular flexibility index (Phi) is 5.01. The van der Waals surface area contributed by atoms with Gasteiger partial charge in [-0.1, -0.05) is 6.07 Å². The van der Waals surface area contributed by atoms with Crippen molar-refractivity contribution in [2.45, 2.75) is 51.6 Å². The lowest BCUT2D eigenvalue weighted by Gasteiger charge is -2.33. The molecule has 0 radical (unpaired) electrons. The van der Waals surface area contributed by atoms with Crippen molar-refractivity contribution < 1.29 is 0 Å². The highest BCUT2D eigenvalue weighted by Gasteiger charge is 2.28. The zero-order valence-electron chi connectivity index (χ0n) is 16.1. The maximum atomic E-state index is 5.14. The molecule has 0 unspecified atom stereocenters. The standard InChI is InChI=1S/C21H29N5S/c1-2-11-26(12-3-1)21-22-19-8-13-24(15-17-7-6-14-27-17)16-18(19)20(23-21)25-9-4-5-10-25/h6-7,14H,1-5,8-13,15-16H2. The van der Waals surface area contributed by atoms with E-state index < -0.39 is 0 Å². The highest BCUT2D eigenvalue weighted by atomic mass is 32.1. The summed E-state index contributed by atoms with van der Waals surface area (Å²) in [5, 5.41) is 2.18. The monoisotopic (exact) mass is 383 g/mol. The second-order valence-corrected chi connectivity index (χ2v) is 9.09. The van der Waals surface area contributed by atoms with Crippen LogP contribution in [0.1, 0.15) is 48.2 Å². The van der Waals surface area contributed by atoms with E-state index in [0.717, 1.165) is 58.2 Å². The fraction of sp³-hybridized carbons (Fsp3) is 0.619. The summed E-state index contributed by atoms with van der Waals surface area (Å²) >= 11 is 1.86. The molecule has 5 heterocycles. The molecule has 144 valence electrons. The first kappa shape index (κ1) is 17.4. The Morgan fingerprint density at radius 1 is 0.889 bits per heavy atom. The van der Waals surface area contributed by atoms with Crippen LogP contribution in [0.5, 0.6) is 0 Å². The molecule has 5 rings (SSSR count). The molecule has 3 aliphatic heterocycles. The smallest absolute Gasteiger partial charge is 0.227 e.